The maximum Gasteiger partial charge on any atom is 0.282 e. The SMILES string of the molecule is COc1ccc(C2=N/C(=C/c3ccc(C)cc3)C(=O)N2c2ccc(Br)cc2)cc1. The zero-order valence-corrected chi connectivity index (χ0v) is 17.7. The number of halogens is 1. The number of rotatable bonds is 4. The number of carbonyl (C=O) groups is 1. The van der Waals surface area contributed by atoms with Crippen molar-refractivity contribution >= 4 is 39.4 Å². The van der Waals surface area contributed by atoms with E-state index in [1.165, 1.54) is 5.56 Å². The summed E-state index contributed by atoms with van der Waals surface area (Å²) >= 11 is 3.45. The lowest BCUT2D eigenvalue weighted by Crippen LogP contribution is -2.32. The molecule has 0 radical (unpaired) electrons. The number of aliphatic imine (C=N–C) groups is 1. The summed E-state index contributed by atoms with van der Waals surface area (Å²) in [5.74, 6) is 1.20. The number of ether oxygens (including phenoxy) is 1. The second kappa shape index (κ2) is 8.05. The lowest BCUT2D eigenvalue weighted by atomic mass is 10.1. The molecule has 0 saturated heterocycles. The number of aryl methyl sites for hydroxylation is 1. The molecule has 4 nitrogen and oxygen atoms in total. The highest BCUT2D eigenvalue weighted by atomic mass is 79.9. The molecule has 0 saturated carbocycles. The van der Waals surface area contributed by atoms with E-state index in [0.717, 1.165) is 27.0 Å². The molecule has 5 heteroatoms. The van der Waals surface area contributed by atoms with E-state index in [-0.39, 0.29) is 5.91 Å². The highest BCUT2D eigenvalue weighted by molar-refractivity contribution is 9.10. The first-order valence-corrected chi connectivity index (χ1v) is 9.96. The average Bonchev–Trinajstić information content (AvgIpc) is 3.06. The van der Waals surface area contributed by atoms with Crippen LogP contribution in [0.4, 0.5) is 5.69 Å². The van der Waals surface area contributed by atoms with Gasteiger partial charge < -0.3 is 4.74 Å². The van der Waals surface area contributed by atoms with E-state index in [1.807, 2.05) is 85.8 Å². The van der Waals surface area contributed by atoms with Crippen LogP contribution in [-0.2, 0) is 4.79 Å². The molecule has 0 atom stereocenters. The number of amidine groups is 1. The molecule has 0 fully saturated rings. The van der Waals surface area contributed by atoms with Crippen LogP contribution in [0.1, 0.15) is 16.7 Å². The van der Waals surface area contributed by atoms with Crippen molar-refractivity contribution in [1.29, 1.82) is 0 Å². The molecule has 1 amide bonds. The van der Waals surface area contributed by atoms with E-state index in [4.69, 9.17) is 9.73 Å². The molecule has 0 bridgehead atoms. The smallest absolute Gasteiger partial charge is 0.282 e. The zero-order valence-electron chi connectivity index (χ0n) is 16.1. The van der Waals surface area contributed by atoms with Gasteiger partial charge in [-0.2, -0.15) is 0 Å². The van der Waals surface area contributed by atoms with Crippen LogP contribution in [0.15, 0.2) is 88.0 Å². The molecule has 1 aliphatic rings. The monoisotopic (exact) mass is 446 g/mol. The maximum atomic E-state index is 13.3. The lowest BCUT2D eigenvalue weighted by Gasteiger charge is -2.18. The molecular formula is C24H19BrN2O2. The molecule has 4 rings (SSSR count). The fraction of sp³-hybridized carbons (Fsp3) is 0.0833. The molecule has 3 aromatic carbocycles. The molecule has 0 aliphatic carbocycles. The lowest BCUT2D eigenvalue weighted by molar-refractivity contribution is -0.113. The number of anilines is 1. The Kier molecular flexibility index (Phi) is 5.32. The number of hydrogen-bond acceptors (Lipinski definition) is 3. The summed E-state index contributed by atoms with van der Waals surface area (Å²) in [6.07, 6.45) is 1.82. The average molecular weight is 447 g/mol. The van der Waals surface area contributed by atoms with Crippen LogP contribution < -0.4 is 9.64 Å². The van der Waals surface area contributed by atoms with E-state index in [9.17, 15) is 4.79 Å². The third-order valence-electron chi connectivity index (χ3n) is 4.67. The predicted molar refractivity (Wildman–Crippen MR) is 120 cm³/mol. The van der Waals surface area contributed by atoms with Crippen molar-refractivity contribution in [2.45, 2.75) is 6.92 Å². The molecule has 1 heterocycles. The highest BCUT2D eigenvalue weighted by Gasteiger charge is 2.32. The van der Waals surface area contributed by atoms with Crippen LogP contribution in [0.5, 0.6) is 5.75 Å². The van der Waals surface area contributed by atoms with E-state index in [0.29, 0.717) is 11.5 Å². The minimum atomic E-state index is -0.154. The van der Waals surface area contributed by atoms with Crippen LogP contribution in [0, 0.1) is 6.92 Å². The summed E-state index contributed by atoms with van der Waals surface area (Å²) in [5.41, 5.74) is 4.12. The van der Waals surface area contributed by atoms with Gasteiger partial charge in [-0.25, -0.2) is 4.99 Å². The molecule has 29 heavy (non-hydrogen) atoms. The molecule has 0 aromatic heterocycles. The van der Waals surface area contributed by atoms with Crippen molar-refractivity contribution < 1.29 is 9.53 Å². The van der Waals surface area contributed by atoms with Crippen molar-refractivity contribution in [3.05, 3.63) is 99.7 Å². The van der Waals surface area contributed by atoms with Gasteiger partial charge in [-0.1, -0.05) is 45.8 Å². The highest BCUT2D eigenvalue weighted by Crippen LogP contribution is 2.29. The van der Waals surface area contributed by atoms with Gasteiger partial charge in [0.2, 0.25) is 0 Å². The second-order valence-corrected chi connectivity index (χ2v) is 7.64. The van der Waals surface area contributed by atoms with Crippen LogP contribution in [0.2, 0.25) is 0 Å². The second-order valence-electron chi connectivity index (χ2n) is 6.72. The van der Waals surface area contributed by atoms with Crippen LogP contribution >= 0.6 is 15.9 Å². The first-order valence-electron chi connectivity index (χ1n) is 9.16. The number of nitrogens with zero attached hydrogens (tertiary/aromatic N) is 2. The fourth-order valence-corrected chi connectivity index (χ4v) is 3.36. The van der Waals surface area contributed by atoms with Gasteiger partial charge in [0.25, 0.3) is 5.91 Å². The topological polar surface area (TPSA) is 41.9 Å². The number of carbonyl (C=O) groups excluding carboxylic acids is 1. The molecule has 3 aromatic rings. The van der Waals surface area contributed by atoms with E-state index in [2.05, 4.69) is 15.9 Å². The number of benzene rings is 3. The van der Waals surface area contributed by atoms with E-state index >= 15 is 0 Å². The van der Waals surface area contributed by atoms with Crippen molar-refractivity contribution in [2.75, 3.05) is 12.0 Å². The van der Waals surface area contributed by atoms with Gasteiger partial charge in [0, 0.05) is 10.0 Å². The van der Waals surface area contributed by atoms with Gasteiger partial charge in [0.1, 0.15) is 17.3 Å². The predicted octanol–water partition coefficient (Wildman–Crippen LogP) is 5.60. The minimum Gasteiger partial charge on any atom is -0.497 e. The van der Waals surface area contributed by atoms with Crippen molar-refractivity contribution in [2.24, 2.45) is 4.99 Å². The normalized spacial score (nSPS) is 15.0. The zero-order chi connectivity index (χ0) is 20.4. The standard InChI is InChI=1S/C24H19BrN2O2/c1-16-3-5-17(6-4-16)15-22-24(28)27(20-11-9-19(25)10-12-20)23(26-22)18-7-13-21(29-2)14-8-18/h3-15H,1-2H3/b22-15+. The van der Waals surface area contributed by atoms with Gasteiger partial charge in [-0.05, 0) is 67.1 Å². The molecule has 0 unspecified atom stereocenters. The summed E-state index contributed by atoms with van der Waals surface area (Å²) in [6.45, 7) is 2.03. The van der Waals surface area contributed by atoms with Crippen LogP contribution in [0.3, 0.4) is 0 Å². The molecule has 1 aliphatic heterocycles. The van der Waals surface area contributed by atoms with Gasteiger partial charge in [0.15, 0.2) is 0 Å². The Morgan fingerprint density at radius 3 is 2.21 bits per heavy atom. The summed E-state index contributed by atoms with van der Waals surface area (Å²) in [4.78, 5) is 19.6. The van der Waals surface area contributed by atoms with Crippen molar-refractivity contribution in [3.63, 3.8) is 0 Å². The molecule has 0 spiro atoms. The van der Waals surface area contributed by atoms with Crippen molar-refractivity contribution in [1.82, 2.24) is 0 Å². The minimum absolute atomic E-state index is 0.154. The maximum absolute atomic E-state index is 13.3. The fourth-order valence-electron chi connectivity index (χ4n) is 3.10. The first-order chi connectivity index (χ1) is 14.0. The first kappa shape index (κ1) is 19.2. The molecule has 0 N–H and O–H groups in total. The number of hydrogen-bond donors (Lipinski definition) is 0. The molecular weight excluding hydrogens is 428 g/mol. The van der Waals surface area contributed by atoms with E-state index < -0.39 is 0 Å². The van der Waals surface area contributed by atoms with Crippen molar-refractivity contribution in [3.8, 4) is 5.75 Å². The quantitative estimate of drug-likeness (QED) is 0.489. The summed E-state index contributed by atoms with van der Waals surface area (Å²) < 4.78 is 6.20. The van der Waals surface area contributed by atoms with Gasteiger partial charge in [-0.3, -0.25) is 9.69 Å². The van der Waals surface area contributed by atoms with Gasteiger partial charge >= 0.3 is 0 Å². The Labute approximate surface area is 178 Å². The third-order valence-corrected chi connectivity index (χ3v) is 5.20. The third kappa shape index (κ3) is 4.00. The Morgan fingerprint density at radius 2 is 1.59 bits per heavy atom. The Morgan fingerprint density at radius 1 is 0.931 bits per heavy atom. The molecule has 144 valence electrons. The van der Waals surface area contributed by atoms with Crippen LogP contribution in [-0.4, -0.2) is 18.9 Å². The van der Waals surface area contributed by atoms with Gasteiger partial charge in [0.05, 0.1) is 12.8 Å². The summed E-state index contributed by atoms with van der Waals surface area (Å²) in [6, 6.07) is 23.2. The van der Waals surface area contributed by atoms with Crippen LogP contribution in [0.25, 0.3) is 6.08 Å². The Balaban J connectivity index is 1.79. The number of amides is 1. The number of methoxy groups -OCH3 is 1. The Bertz CT molecular complexity index is 1100. The van der Waals surface area contributed by atoms with Gasteiger partial charge in [-0.15, -0.1) is 0 Å². The Hall–Kier alpha value is -3.18. The summed E-state index contributed by atoms with van der Waals surface area (Å²) in [7, 11) is 1.63. The van der Waals surface area contributed by atoms with E-state index in [1.54, 1.807) is 12.0 Å². The summed E-state index contributed by atoms with van der Waals surface area (Å²) in [5, 5.41) is 0. The largest absolute Gasteiger partial charge is 0.497 e.